The van der Waals surface area contributed by atoms with Crippen LogP contribution in [-0.2, 0) is 14.4 Å². The fraction of sp³-hybridized carbons (Fsp3) is 0.542. The highest BCUT2D eigenvalue weighted by atomic mass is 19.4. The molecule has 34 heavy (non-hydrogen) atoms. The molecule has 0 radical (unpaired) electrons. The standard InChI is InChI=1S/C24H28F5NO4/c1-6-15-16-9-7-8-10-17(16)34-14(5)19(21(15)32)30-22(33)18(12(2)3)20(31)13(4)11-23(25,26)24(27,28)29/h6-10,12-14,18-19H,11H2,1-5H3,(H,30,33)/b15-6-/t13?,14-,18?,19+/m1/s1. The third-order valence-electron chi connectivity index (χ3n) is 5.81. The van der Waals surface area contributed by atoms with Crippen LogP contribution in [0.2, 0.25) is 0 Å². The van der Waals surface area contributed by atoms with E-state index in [2.05, 4.69) is 5.32 Å². The number of ketones is 2. The number of hydrogen-bond donors (Lipinski definition) is 1. The van der Waals surface area contributed by atoms with Gasteiger partial charge in [-0.05, 0) is 25.8 Å². The molecule has 1 heterocycles. The molecule has 0 bridgehead atoms. The van der Waals surface area contributed by atoms with Gasteiger partial charge in [-0.2, -0.15) is 22.0 Å². The predicted octanol–water partition coefficient (Wildman–Crippen LogP) is 4.99. The fourth-order valence-corrected chi connectivity index (χ4v) is 3.97. The van der Waals surface area contributed by atoms with Crippen LogP contribution < -0.4 is 10.1 Å². The minimum Gasteiger partial charge on any atom is -0.487 e. The van der Waals surface area contributed by atoms with Crippen molar-refractivity contribution >= 4 is 23.0 Å². The number of carbonyl (C=O) groups is 3. The average molecular weight is 489 g/mol. The second-order valence-corrected chi connectivity index (χ2v) is 8.80. The smallest absolute Gasteiger partial charge is 0.453 e. The normalized spacial score (nSPS) is 22.0. The molecule has 0 aliphatic carbocycles. The van der Waals surface area contributed by atoms with Gasteiger partial charge < -0.3 is 10.1 Å². The van der Waals surface area contributed by atoms with Gasteiger partial charge >= 0.3 is 12.1 Å². The number of hydrogen-bond acceptors (Lipinski definition) is 4. The summed E-state index contributed by atoms with van der Waals surface area (Å²) in [6.07, 6.45) is -6.86. The Morgan fingerprint density at radius 3 is 2.24 bits per heavy atom. The Morgan fingerprint density at radius 2 is 1.71 bits per heavy atom. The molecular formula is C24H28F5NO4. The van der Waals surface area contributed by atoms with E-state index in [1.807, 2.05) is 0 Å². The molecule has 1 aliphatic heterocycles. The highest BCUT2D eigenvalue weighted by molar-refractivity contribution is 6.25. The van der Waals surface area contributed by atoms with Crippen LogP contribution in [0.4, 0.5) is 22.0 Å². The van der Waals surface area contributed by atoms with E-state index in [4.69, 9.17) is 4.74 Å². The van der Waals surface area contributed by atoms with Gasteiger partial charge in [-0.25, -0.2) is 0 Å². The lowest BCUT2D eigenvalue weighted by Crippen LogP contribution is -2.53. The quantitative estimate of drug-likeness (QED) is 0.333. The number of para-hydroxylation sites is 1. The van der Waals surface area contributed by atoms with E-state index in [1.165, 1.54) is 13.8 Å². The van der Waals surface area contributed by atoms with Crippen molar-refractivity contribution in [3.63, 3.8) is 0 Å². The summed E-state index contributed by atoms with van der Waals surface area (Å²) in [6.45, 7) is 7.07. The van der Waals surface area contributed by atoms with Crippen LogP contribution in [0.1, 0.15) is 46.6 Å². The molecule has 2 rings (SSSR count). The molecule has 1 N–H and O–H groups in total. The molecule has 0 aromatic heterocycles. The molecule has 10 heteroatoms. The van der Waals surface area contributed by atoms with Crippen LogP contribution in [0.5, 0.6) is 5.75 Å². The average Bonchev–Trinajstić information content (AvgIpc) is 2.81. The fourth-order valence-electron chi connectivity index (χ4n) is 3.97. The predicted molar refractivity (Wildman–Crippen MR) is 115 cm³/mol. The largest absolute Gasteiger partial charge is 0.487 e. The number of allylic oxidation sites excluding steroid dienone is 1. The van der Waals surface area contributed by atoms with Gasteiger partial charge in [-0.15, -0.1) is 0 Å². The molecule has 1 aliphatic rings. The van der Waals surface area contributed by atoms with E-state index < -0.39 is 65.9 Å². The first kappa shape index (κ1) is 27.5. The zero-order valence-electron chi connectivity index (χ0n) is 19.5. The number of ether oxygens (including phenoxy) is 1. The number of halogens is 5. The molecule has 0 saturated heterocycles. The summed E-state index contributed by atoms with van der Waals surface area (Å²) in [7, 11) is 0. The summed E-state index contributed by atoms with van der Waals surface area (Å²) in [4.78, 5) is 39.1. The Morgan fingerprint density at radius 1 is 1.12 bits per heavy atom. The van der Waals surface area contributed by atoms with Crippen molar-refractivity contribution < 1.29 is 41.1 Å². The van der Waals surface area contributed by atoms with E-state index in [9.17, 15) is 36.3 Å². The number of nitrogens with one attached hydrogen (secondary N) is 1. The van der Waals surface area contributed by atoms with E-state index >= 15 is 0 Å². The summed E-state index contributed by atoms with van der Waals surface area (Å²) in [5.74, 6) is -11.1. The second-order valence-electron chi connectivity index (χ2n) is 8.80. The third-order valence-corrected chi connectivity index (χ3v) is 5.81. The lowest BCUT2D eigenvalue weighted by molar-refractivity contribution is -0.286. The van der Waals surface area contributed by atoms with Crippen molar-refractivity contribution in [3.05, 3.63) is 35.9 Å². The van der Waals surface area contributed by atoms with Gasteiger partial charge in [-0.1, -0.05) is 45.0 Å². The monoisotopic (exact) mass is 489 g/mol. The van der Waals surface area contributed by atoms with Crippen LogP contribution in [0.3, 0.4) is 0 Å². The van der Waals surface area contributed by atoms with Gasteiger partial charge in [0.15, 0.2) is 5.78 Å². The van der Waals surface area contributed by atoms with Gasteiger partial charge in [0.05, 0.1) is 5.92 Å². The molecule has 2 unspecified atom stereocenters. The van der Waals surface area contributed by atoms with Gasteiger partial charge in [0, 0.05) is 23.5 Å². The Balaban J connectivity index is 2.28. The first-order valence-corrected chi connectivity index (χ1v) is 10.9. The van der Waals surface area contributed by atoms with Gasteiger partial charge in [0.25, 0.3) is 0 Å². The van der Waals surface area contributed by atoms with Crippen LogP contribution in [0, 0.1) is 17.8 Å². The van der Waals surface area contributed by atoms with Crippen molar-refractivity contribution in [2.75, 3.05) is 0 Å². The molecule has 5 nitrogen and oxygen atoms in total. The Hall–Kier alpha value is -2.78. The maximum Gasteiger partial charge on any atom is 0.453 e. The van der Waals surface area contributed by atoms with E-state index in [0.29, 0.717) is 11.3 Å². The second kappa shape index (κ2) is 10.2. The molecule has 1 aromatic carbocycles. The number of Topliss-reactive ketones (excluding diaryl/α,β-unsaturated/α-hetero) is 2. The van der Waals surface area contributed by atoms with Gasteiger partial charge in [0.1, 0.15) is 23.7 Å². The molecule has 188 valence electrons. The first-order chi connectivity index (χ1) is 15.6. The highest BCUT2D eigenvalue weighted by Crippen LogP contribution is 2.41. The number of fused-ring (bicyclic) bond motifs is 1. The van der Waals surface area contributed by atoms with Gasteiger partial charge in [-0.3, -0.25) is 14.4 Å². The van der Waals surface area contributed by atoms with Gasteiger partial charge in [0.2, 0.25) is 5.91 Å². The van der Waals surface area contributed by atoms with E-state index in [-0.39, 0.29) is 5.57 Å². The Labute approximate surface area is 194 Å². The summed E-state index contributed by atoms with van der Waals surface area (Å²) in [5, 5.41) is 2.48. The van der Waals surface area contributed by atoms with E-state index in [1.54, 1.807) is 44.2 Å². The molecular weight excluding hydrogens is 461 g/mol. The summed E-state index contributed by atoms with van der Waals surface area (Å²) < 4.78 is 70.6. The van der Waals surface area contributed by atoms with Crippen molar-refractivity contribution in [2.24, 2.45) is 17.8 Å². The SMILES string of the molecule is C/C=C1\C(=O)[C@@H](NC(=O)C(C(=O)C(C)CC(F)(F)C(F)(F)F)C(C)C)[C@@H](C)Oc2ccccc21. The maximum atomic E-state index is 13.5. The number of benzene rings is 1. The zero-order chi connectivity index (χ0) is 26.0. The molecule has 4 atom stereocenters. The van der Waals surface area contributed by atoms with Crippen molar-refractivity contribution in [3.8, 4) is 5.75 Å². The minimum absolute atomic E-state index is 0.288. The summed E-state index contributed by atoms with van der Waals surface area (Å²) >= 11 is 0. The lowest BCUT2D eigenvalue weighted by atomic mass is 9.82. The minimum atomic E-state index is -5.81. The number of amides is 1. The topological polar surface area (TPSA) is 72.5 Å². The number of rotatable bonds is 7. The Kier molecular flexibility index (Phi) is 8.26. The highest BCUT2D eigenvalue weighted by Gasteiger charge is 2.58. The molecule has 0 spiro atoms. The summed E-state index contributed by atoms with van der Waals surface area (Å²) in [5.41, 5.74) is 0.814. The zero-order valence-corrected chi connectivity index (χ0v) is 19.5. The van der Waals surface area contributed by atoms with Crippen LogP contribution in [0.15, 0.2) is 30.3 Å². The van der Waals surface area contributed by atoms with Crippen LogP contribution >= 0.6 is 0 Å². The van der Waals surface area contributed by atoms with E-state index in [0.717, 1.165) is 6.92 Å². The number of alkyl halides is 5. The van der Waals surface area contributed by atoms with Crippen LogP contribution in [0.25, 0.3) is 5.57 Å². The summed E-state index contributed by atoms with van der Waals surface area (Å²) in [6, 6.07) is 5.58. The molecule has 0 fully saturated rings. The lowest BCUT2D eigenvalue weighted by Gasteiger charge is -2.28. The van der Waals surface area contributed by atoms with Crippen molar-refractivity contribution in [1.82, 2.24) is 5.32 Å². The third kappa shape index (κ3) is 5.64. The molecule has 1 aromatic rings. The van der Waals surface area contributed by atoms with Crippen molar-refractivity contribution in [1.29, 1.82) is 0 Å². The first-order valence-electron chi connectivity index (χ1n) is 10.9. The Bertz CT molecular complexity index is 970. The molecule has 1 amide bonds. The van der Waals surface area contributed by atoms with Crippen molar-refractivity contribution in [2.45, 2.75) is 65.3 Å². The van der Waals surface area contributed by atoms with Crippen LogP contribution in [-0.4, -0.2) is 41.7 Å². The number of carbonyl (C=O) groups excluding carboxylic acids is 3. The maximum absolute atomic E-state index is 13.5. The molecule has 0 saturated carbocycles.